The molecular formula is C26H51NO2. The van der Waals surface area contributed by atoms with Gasteiger partial charge in [0.15, 0.2) is 0 Å². The Morgan fingerprint density at radius 3 is 1.62 bits per heavy atom. The molecular weight excluding hydrogens is 358 g/mol. The van der Waals surface area contributed by atoms with Crippen molar-refractivity contribution in [3.8, 4) is 0 Å². The van der Waals surface area contributed by atoms with Crippen LogP contribution in [0.4, 0.5) is 0 Å². The fourth-order valence-electron chi connectivity index (χ4n) is 5.33. The molecule has 0 heterocycles. The van der Waals surface area contributed by atoms with Gasteiger partial charge < -0.3 is 14.4 Å². The third-order valence-electron chi connectivity index (χ3n) is 7.89. The van der Waals surface area contributed by atoms with Gasteiger partial charge in [0.1, 0.15) is 11.5 Å². The molecule has 0 bridgehead atoms. The van der Waals surface area contributed by atoms with Crippen LogP contribution in [0, 0.1) is 5.92 Å². The summed E-state index contributed by atoms with van der Waals surface area (Å²) in [5.41, 5.74) is -0.752. The number of nitrogens with zero attached hydrogens (tertiary/aromatic N) is 1. The maximum atomic E-state index is 12.2. The first-order valence-electron chi connectivity index (χ1n) is 12.9. The van der Waals surface area contributed by atoms with Gasteiger partial charge >= 0.3 is 0 Å². The summed E-state index contributed by atoms with van der Waals surface area (Å²) in [5, 5.41) is 12.2. The lowest BCUT2D eigenvalue weighted by Gasteiger charge is -2.52. The second-order valence-electron chi connectivity index (χ2n) is 10.4. The highest BCUT2D eigenvalue weighted by molar-refractivity contribution is 5.75. The lowest BCUT2D eigenvalue weighted by atomic mass is 9.73. The number of carboxylic acids is 1. The van der Waals surface area contributed by atoms with Crippen LogP contribution in [0.15, 0.2) is 0 Å². The van der Waals surface area contributed by atoms with E-state index >= 15 is 0 Å². The lowest BCUT2D eigenvalue weighted by Crippen LogP contribution is -2.70. The van der Waals surface area contributed by atoms with Crippen LogP contribution in [0.3, 0.4) is 0 Å². The number of hydrogen-bond acceptors (Lipinski definition) is 2. The predicted octanol–water partition coefficient (Wildman–Crippen LogP) is 6.24. The summed E-state index contributed by atoms with van der Waals surface area (Å²) in [6, 6.07) is 0. The van der Waals surface area contributed by atoms with Crippen molar-refractivity contribution in [2.24, 2.45) is 5.92 Å². The smallest absolute Gasteiger partial charge is 0.139 e. The fourth-order valence-corrected chi connectivity index (χ4v) is 5.33. The largest absolute Gasteiger partial charge is 0.544 e. The number of hydrogen-bond donors (Lipinski definition) is 0. The van der Waals surface area contributed by atoms with Crippen LogP contribution in [0.25, 0.3) is 0 Å². The molecule has 1 unspecified atom stereocenters. The molecule has 3 nitrogen and oxygen atoms in total. The summed E-state index contributed by atoms with van der Waals surface area (Å²) in [6.45, 7) is 5.18. The molecule has 1 aliphatic rings. The Kier molecular flexibility index (Phi) is 13.2. The van der Waals surface area contributed by atoms with Gasteiger partial charge in [0, 0.05) is 5.92 Å². The third-order valence-corrected chi connectivity index (χ3v) is 7.89. The van der Waals surface area contributed by atoms with Crippen molar-refractivity contribution in [3.05, 3.63) is 0 Å². The molecule has 1 fully saturated rings. The van der Waals surface area contributed by atoms with E-state index in [9.17, 15) is 9.90 Å². The van der Waals surface area contributed by atoms with E-state index in [1.165, 1.54) is 96.3 Å². The summed E-state index contributed by atoms with van der Waals surface area (Å²) in [5.74, 6) is -0.581. The van der Waals surface area contributed by atoms with Crippen molar-refractivity contribution in [1.82, 2.24) is 0 Å². The van der Waals surface area contributed by atoms with E-state index in [1.807, 2.05) is 6.92 Å². The highest BCUT2D eigenvalue weighted by Gasteiger charge is 2.48. The molecule has 0 aromatic heterocycles. The molecule has 1 saturated carbocycles. The Balaban J connectivity index is 2.17. The number of likely N-dealkylation sites (N-methyl/N-ethyl adjacent to an activating group) is 1. The first-order valence-corrected chi connectivity index (χ1v) is 12.9. The maximum absolute atomic E-state index is 12.2. The zero-order chi connectivity index (χ0) is 21.6. The van der Waals surface area contributed by atoms with E-state index < -0.39 is 11.5 Å². The van der Waals surface area contributed by atoms with Crippen LogP contribution in [0.2, 0.25) is 0 Å². The first kappa shape index (κ1) is 26.5. The minimum atomic E-state index is -0.843. The van der Waals surface area contributed by atoms with E-state index in [0.29, 0.717) is 4.48 Å². The molecule has 0 radical (unpaired) electrons. The zero-order valence-corrected chi connectivity index (χ0v) is 20.3. The Morgan fingerprint density at radius 2 is 1.21 bits per heavy atom. The highest BCUT2D eigenvalue weighted by atomic mass is 16.4. The molecule has 1 rings (SSSR count). The normalized spacial score (nSPS) is 17.9. The maximum Gasteiger partial charge on any atom is 0.139 e. The fraction of sp³-hybridized carbons (Fsp3) is 0.962. The van der Waals surface area contributed by atoms with Gasteiger partial charge in [-0.15, -0.1) is 0 Å². The number of rotatable bonds is 17. The Morgan fingerprint density at radius 1 is 0.793 bits per heavy atom. The summed E-state index contributed by atoms with van der Waals surface area (Å²) in [7, 11) is 4.23. The molecule has 0 N–H and O–H groups in total. The first-order chi connectivity index (χ1) is 13.9. The van der Waals surface area contributed by atoms with Crippen LogP contribution in [-0.2, 0) is 4.79 Å². The third kappa shape index (κ3) is 8.99. The quantitative estimate of drug-likeness (QED) is 0.211. The molecule has 1 aliphatic carbocycles. The molecule has 0 amide bonds. The summed E-state index contributed by atoms with van der Waals surface area (Å²) >= 11 is 0. The van der Waals surface area contributed by atoms with Crippen molar-refractivity contribution in [3.63, 3.8) is 0 Å². The van der Waals surface area contributed by atoms with Gasteiger partial charge in [-0.2, -0.15) is 0 Å². The summed E-state index contributed by atoms with van der Waals surface area (Å²) < 4.78 is 0.567. The number of carbonyl (C=O) groups excluding carboxylic acids is 1. The van der Waals surface area contributed by atoms with E-state index in [-0.39, 0.29) is 5.92 Å². The number of unbranched alkanes of at least 4 members (excludes halogenated alkanes) is 12. The average molecular weight is 410 g/mol. The van der Waals surface area contributed by atoms with Crippen LogP contribution >= 0.6 is 0 Å². The minimum absolute atomic E-state index is 0.262. The molecule has 0 spiro atoms. The standard InChI is InChI=1S/C26H51NO2/c1-5-6-7-8-9-10-11-12-13-14-15-16-20-23-27(3,4)26(2,25(28)29)24-21-18-17-19-22-24/h24H,5-23H2,1-4H3. The number of carbonyl (C=O) groups is 1. The minimum Gasteiger partial charge on any atom is -0.544 e. The Hall–Kier alpha value is -0.570. The van der Waals surface area contributed by atoms with E-state index in [1.54, 1.807) is 0 Å². The Bertz CT molecular complexity index is 428. The lowest BCUT2D eigenvalue weighted by molar-refractivity contribution is -0.937. The van der Waals surface area contributed by atoms with E-state index in [0.717, 1.165) is 25.8 Å². The van der Waals surface area contributed by atoms with Crippen LogP contribution in [-0.4, -0.2) is 36.6 Å². The molecule has 3 heteroatoms. The second kappa shape index (κ2) is 14.4. The SMILES string of the molecule is CCCCCCCCCCCCCCC[N+](C)(C)C(C)(C(=O)[O-])C1CCCCC1. The van der Waals surface area contributed by atoms with Gasteiger partial charge in [0.25, 0.3) is 0 Å². The van der Waals surface area contributed by atoms with Gasteiger partial charge in [-0.3, -0.25) is 0 Å². The van der Waals surface area contributed by atoms with Crippen LogP contribution < -0.4 is 5.11 Å². The number of carboxylic acid groups (broad SMARTS) is 1. The van der Waals surface area contributed by atoms with E-state index in [2.05, 4.69) is 21.0 Å². The van der Waals surface area contributed by atoms with Gasteiger partial charge in [0.05, 0.1) is 20.6 Å². The second-order valence-corrected chi connectivity index (χ2v) is 10.4. The van der Waals surface area contributed by atoms with Crippen molar-refractivity contribution in [2.45, 2.75) is 135 Å². The van der Waals surface area contributed by atoms with Gasteiger partial charge in [-0.05, 0) is 32.6 Å². The number of aliphatic carboxylic acids is 1. The average Bonchev–Trinajstić information content (AvgIpc) is 2.71. The van der Waals surface area contributed by atoms with Crippen molar-refractivity contribution in [2.75, 3.05) is 20.6 Å². The molecule has 0 saturated heterocycles. The van der Waals surface area contributed by atoms with Gasteiger partial charge in [-0.25, -0.2) is 0 Å². The van der Waals surface area contributed by atoms with Crippen LogP contribution in [0.1, 0.15) is 129 Å². The topological polar surface area (TPSA) is 40.1 Å². The zero-order valence-electron chi connectivity index (χ0n) is 20.3. The van der Waals surface area contributed by atoms with Crippen molar-refractivity contribution in [1.29, 1.82) is 0 Å². The molecule has 0 aromatic rings. The molecule has 0 aromatic carbocycles. The van der Waals surface area contributed by atoms with Gasteiger partial charge in [-0.1, -0.05) is 96.8 Å². The van der Waals surface area contributed by atoms with Crippen molar-refractivity contribution < 1.29 is 14.4 Å². The highest BCUT2D eigenvalue weighted by Crippen LogP contribution is 2.39. The Labute approximate surface area is 182 Å². The van der Waals surface area contributed by atoms with Crippen molar-refractivity contribution >= 4 is 5.97 Å². The molecule has 1 atom stereocenters. The molecule has 29 heavy (non-hydrogen) atoms. The van der Waals surface area contributed by atoms with Gasteiger partial charge in [0.2, 0.25) is 0 Å². The van der Waals surface area contributed by atoms with E-state index in [4.69, 9.17) is 0 Å². The summed E-state index contributed by atoms with van der Waals surface area (Å²) in [4.78, 5) is 12.2. The monoisotopic (exact) mass is 409 g/mol. The summed E-state index contributed by atoms with van der Waals surface area (Å²) in [6.07, 6.45) is 23.3. The predicted molar refractivity (Wildman–Crippen MR) is 123 cm³/mol. The molecule has 172 valence electrons. The number of quaternary nitrogens is 1. The molecule has 0 aliphatic heterocycles. The van der Waals surface area contributed by atoms with Crippen LogP contribution in [0.5, 0.6) is 0 Å².